The van der Waals surface area contributed by atoms with Crippen molar-refractivity contribution >= 4 is 5.69 Å². The summed E-state index contributed by atoms with van der Waals surface area (Å²) < 4.78 is 0. The molecule has 1 saturated heterocycles. The minimum atomic E-state index is -0.0202. The van der Waals surface area contributed by atoms with E-state index in [-0.39, 0.29) is 12.1 Å². The molecule has 1 saturated carbocycles. The Morgan fingerprint density at radius 1 is 1.00 bits per heavy atom. The minimum Gasteiger partial charge on any atom is -0.394 e. The maximum atomic E-state index is 9.61. The van der Waals surface area contributed by atoms with Gasteiger partial charge in [-0.25, -0.2) is 0 Å². The van der Waals surface area contributed by atoms with Crippen LogP contribution in [-0.4, -0.2) is 30.3 Å². The lowest BCUT2D eigenvalue weighted by molar-refractivity contribution is 0.163. The summed E-state index contributed by atoms with van der Waals surface area (Å²) in [6, 6.07) is 8.92. The van der Waals surface area contributed by atoms with Crippen LogP contribution in [0.5, 0.6) is 0 Å². The highest BCUT2D eigenvalue weighted by atomic mass is 16.3. The van der Waals surface area contributed by atoms with E-state index in [4.69, 9.17) is 0 Å². The van der Waals surface area contributed by atoms with Crippen LogP contribution in [-0.2, 0) is 6.54 Å². The average Bonchev–Trinajstić information content (AvgIpc) is 3.18. The fourth-order valence-electron chi connectivity index (χ4n) is 3.53. The van der Waals surface area contributed by atoms with Crippen LogP contribution in [0.4, 0.5) is 5.69 Å². The molecule has 2 N–H and O–H groups in total. The van der Waals surface area contributed by atoms with Gasteiger partial charge in [0.1, 0.15) is 0 Å². The number of nitrogens with one attached hydrogen (secondary N) is 1. The first-order chi connectivity index (χ1) is 9.81. The van der Waals surface area contributed by atoms with Crippen molar-refractivity contribution in [2.45, 2.75) is 50.6 Å². The number of aliphatic hydroxyl groups is 1. The summed E-state index contributed by atoms with van der Waals surface area (Å²) in [6.45, 7) is 3.52. The quantitative estimate of drug-likeness (QED) is 0.866. The molecule has 0 unspecified atom stereocenters. The van der Waals surface area contributed by atoms with Gasteiger partial charge in [-0.05, 0) is 43.4 Å². The van der Waals surface area contributed by atoms with Gasteiger partial charge in [0.2, 0.25) is 0 Å². The van der Waals surface area contributed by atoms with Gasteiger partial charge in [0, 0.05) is 30.9 Å². The van der Waals surface area contributed by atoms with Crippen molar-refractivity contribution in [3.63, 3.8) is 0 Å². The van der Waals surface area contributed by atoms with Crippen molar-refractivity contribution in [1.29, 1.82) is 0 Å². The third-order valence-electron chi connectivity index (χ3n) is 4.94. The number of benzene rings is 1. The van der Waals surface area contributed by atoms with E-state index in [0.29, 0.717) is 0 Å². The smallest absolute Gasteiger partial charge is 0.0613 e. The maximum Gasteiger partial charge on any atom is 0.0613 e. The normalized spacial score (nSPS) is 21.6. The largest absolute Gasteiger partial charge is 0.394 e. The molecule has 110 valence electrons. The molecule has 0 spiro atoms. The topological polar surface area (TPSA) is 35.5 Å². The molecule has 0 bridgehead atoms. The molecule has 1 aromatic rings. The molecule has 2 aliphatic rings. The molecular weight excluding hydrogens is 248 g/mol. The van der Waals surface area contributed by atoms with Gasteiger partial charge in [0.25, 0.3) is 0 Å². The van der Waals surface area contributed by atoms with Crippen molar-refractivity contribution in [3.8, 4) is 0 Å². The van der Waals surface area contributed by atoms with Crippen LogP contribution in [0.15, 0.2) is 24.3 Å². The average molecular weight is 274 g/mol. The number of aliphatic hydroxyl groups excluding tert-OH is 1. The van der Waals surface area contributed by atoms with E-state index in [9.17, 15) is 5.11 Å². The molecule has 1 aliphatic heterocycles. The fourth-order valence-corrected chi connectivity index (χ4v) is 3.53. The van der Waals surface area contributed by atoms with Gasteiger partial charge in [0.05, 0.1) is 6.61 Å². The zero-order valence-corrected chi connectivity index (χ0v) is 12.3. The molecule has 3 rings (SSSR count). The van der Waals surface area contributed by atoms with Crippen LogP contribution in [0.2, 0.25) is 0 Å². The second-order valence-corrected chi connectivity index (χ2v) is 6.36. The first-order valence-corrected chi connectivity index (χ1v) is 8.01. The monoisotopic (exact) mass is 274 g/mol. The number of rotatable bonds is 5. The third kappa shape index (κ3) is 2.99. The van der Waals surface area contributed by atoms with Gasteiger partial charge in [-0.1, -0.05) is 25.0 Å². The summed E-state index contributed by atoms with van der Waals surface area (Å²) in [5.41, 5.74) is 2.64. The van der Waals surface area contributed by atoms with Gasteiger partial charge in [-0.2, -0.15) is 0 Å². The van der Waals surface area contributed by atoms with E-state index in [2.05, 4.69) is 34.5 Å². The molecule has 0 atom stereocenters. The molecule has 0 amide bonds. The van der Waals surface area contributed by atoms with Crippen LogP contribution < -0.4 is 10.2 Å². The molecule has 0 radical (unpaired) electrons. The molecule has 0 aromatic heterocycles. The van der Waals surface area contributed by atoms with E-state index in [1.54, 1.807) is 0 Å². The predicted molar refractivity (Wildman–Crippen MR) is 83.0 cm³/mol. The molecule has 1 aliphatic carbocycles. The number of nitrogens with zero attached hydrogens (tertiary/aromatic N) is 1. The molecule has 20 heavy (non-hydrogen) atoms. The second-order valence-electron chi connectivity index (χ2n) is 6.36. The van der Waals surface area contributed by atoms with Crippen molar-refractivity contribution in [2.75, 3.05) is 24.6 Å². The zero-order valence-electron chi connectivity index (χ0n) is 12.3. The van der Waals surface area contributed by atoms with Crippen molar-refractivity contribution in [1.82, 2.24) is 5.32 Å². The van der Waals surface area contributed by atoms with Gasteiger partial charge < -0.3 is 15.3 Å². The summed E-state index contributed by atoms with van der Waals surface area (Å²) in [5.74, 6) is 0. The highest BCUT2D eigenvalue weighted by Gasteiger charge is 2.32. The molecule has 1 aromatic carbocycles. The van der Waals surface area contributed by atoms with Crippen molar-refractivity contribution in [3.05, 3.63) is 29.8 Å². The minimum absolute atomic E-state index is 0.0202. The maximum absolute atomic E-state index is 9.61. The van der Waals surface area contributed by atoms with E-state index in [1.165, 1.54) is 50.0 Å². The van der Waals surface area contributed by atoms with Crippen molar-refractivity contribution in [2.24, 2.45) is 0 Å². The van der Waals surface area contributed by atoms with E-state index in [1.807, 2.05) is 0 Å². The SMILES string of the molecule is OCC1(NCc2ccc(N3CCCC3)cc2)CCCC1. The van der Waals surface area contributed by atoms with Gasteiger partial charge >= 0.3 is 0 Å². The van der Waals surface area contributed by atoms with Gasteiger partial charge in [-0.3, -0.25) is 0 Å². The summed E-state index contributed by atoms with van der Waals surface area (Å²) >= 11 is 0. The summed E-state index contributed by atoms with van der Waals surface area (Å²) in [7, 11) is 0. The van der Waals surface area contributed by atoms with Crippen LogP contribution in [0.1, 0.15) is 44.1 Å². The number of hydrogen-bond acceptors (Lipinski definition) is 3. The summed E-state index contributed by atoms with van der Waals surface area (Å²) in [5, 5.41) is 13.2. The molecular formula is C17H26N2O. The van der Waals surface area contributed by atoms with Gasteiger partial charge in [-0.15, -0.1) is 0 Å². The Balaban J connectivity index is 1.57. The first kappa shape index (κ1) is 13.9. The Labute approximate surface area is 122 Å². The first-order valence-electron chi connectivity index (χ1n) is 8.01. The molecule has 1 heterocycles. The zero-order chi connectivity index (χ0) is 13.8. The lowest BCUT2D eigenvalue weighted by Crippen LogP contribution is -2.45. The molecule has 3 nitrogen and oxygen atoms in total. The van der Waals surface area contributed by atoms with E-state index in [0.717, 1.165) is 19.4 Å². The number of anilines is 1. The summed E-state index contributed by atoms with van der Waals surface area (Å²) in [4.78, 5) is 2.46. The number of hydrogen-bond donors (Lipinski definition) is 2. The van der Waals surface area contributed by atoms with Crippen LogP contribution in [0, 0.1) is 0 Å². The van der Waals surface area contributed by atoms with Crippen LogP contribution in [0.3, 0.4) is 0 Å². The Bertz CT molecular complexity index is 417. The Morgan fingerprint density at radius 3 is 2.25 bits per heavy atom. The highest BCUT2D eigenvalue weighted by molar-refractivity contribution is 5.48. The lowest BCUT2D eigenvalue weighted by atomic mass is 9.98. The second kappa shape index (κ2) is 6.15. The Kier molecular flexibility index (Phi) is 4.27. The van der Waals surface area contributed by atoms with Crippen molar-refractivity contribution < 1.29 is 5.11 Å². The third-order valence-corrected chi connectivity index (χ3v) is 4.94. The fraction of sp³-hybridized carbons (Fsp3) is 0.647. The summed E-state index contributed by atoms with van der Waals surface area (Å²) in [6.07, 6.45) is 7.33. The Morgan fingerprint density at radius 2 is 1.65 bits per heavy atom. The van der Waals surface area contributed by atoms with Gasteiger partial charge in [0.15, 0.2) is 0 Å². The lowest BCUT2D eigenvalue weighted by Gasteiger charge is -2.28. The van der Waals surface area contributed by atoms with E-state index >= 15 is 0 Å². The van der Waals surface area contributed by atoms with Crippen LogP contribution in [0.25, 0.3) is 0 Å². The highest BCUT2D eigenvalue weighted by Crippen LogP contribution is 2.29. The molecule has 2 fully saturated rings. The Hall–Kier alpha value is -1.06. The van der Waals surface area contributed by atoms with Crippen LogP contribution >= 0.6 is 0 Å². The predicted octanol–water partition coefficient (Wildman–Crippen LogP) is 2.68. The van der Waals surface area contributed by atoms with E-state index < -0.39 is 0 Å². The molecule has 3 heteroatoms. The standard InChI is InChI=1S/C17H26N2O/c20-14-17(9-1-2-10-17)18-13-15-5-7-16(8-6-15)19-11-3-4-12-19/h5-8,18,20H,1-4,9-14H2.